The third-order valence-corrected chi connectivity index (χ3v) is 13.2. The number of aliphatic hydroxyl groups excluding tert-OH is 8. The summed E-state index contributed by atoms with van der Waals surface area (Å²) in [5.41, 5.74) is 0. The Bertz CT molecular complexity index is 1210. The molecule has 388 valence electrons. The number of ether oxygens (including phenoxy) is 4. The monoisotopic (exact) mass is 944 g/mol. The fourth-order valence-corrected chi connectivity index (χ4v) is 8.80. The Kier molecular flexibility index (Phi) is 36.0. The number of allylic oxidation sites excluding steroid dienone is 4. The summed E-state index contributed by atoms with van der Waals surface area (Å²) in [6.07, 6.45) is 26.0. The van der Waals surface area contributed by atoms with Crippen LogP contribution in [0.3, 0.4) is 0 Å². The van der Waals surface area contributed by atoms with Gasteiger partial charge in [0, 0.05) is 6.42 Å². The second-order valence-electron chi connectivity index (χ2n) is 19.0. The van der Waals surface area contributed by atoms with E-state index in [4.69, 9.17) is 18.9 Å². The van der Waals surface area contributed by atoms with Crippen LogP contribution < -0.4 is 5.32 Å². The largest absolute Gasteiger partial charge is 0.394 e. The molecule has 0 radical (unpaired) electrons. The summed E-state index contributed by atoms with van der Waals surface area (Å²) < 4.78 is 22.8. The van der Waals surface area contributed by atoms with Gasteiger partial charge in [-0.25, -0.2) is 0 Å². The average molecular weight is 944 g/mol. The van der Waals surface area contributed by atoms with Crippen molar-refractivity contribution < 1.29 is 64.6 Å². The van der Waals surface area contributed by atoms with Gasteiger partial charge in [0.1, 0.15) is 48.8 Å². The molecule has 0 aromatic carbocycles. The summed E-state index contributed by atoms with van der Waals surface area (Å²) in [5, 5.41) is 87.0. The Balaban J connectivity index is 1.82. The number of carbonyl (C=O) groups is 1. The van der Waals surface area contributed by atoms with Gasteiger partial charge >= 0.3 is 0 Å². The number of carbonyl (C=O) groups excluding carboxylic acids is 1. The molecule has 2 aliphatic rings. The van der Waals surface area contributed by atoms with Gasteiger partial charge in [0.05, 0.1) is 32.0 Å². The topological polar surface area (TPSA) is 228 Å². The molecule has 14 heteroatoms. The van der Waals surface area contributed by atoms with Gasteiger partial charge in [0.15, 0.2) is 12.6 Å². The van der Waals surface area contributed by atoms with Crippen LogP contribution in [0.1, 0.15) is 206 Å². The molecule has 0 aliphatic carbocycles. The van der Waals surface area contributed by atoms with Gasteiger partial charge in [0.2, 0.25) is 5.91 Å². The summed E-state index contributed by atoms with van der Waals surface area (Å²) in [5.74, 6) is -0.215. The van der Waals surface area contributed by atoms with Crippen LogP contribution in [0.4, 0.5) is 0 Å². The Morgan fingerprint density at radius 2 is 1.00 bits per heavy atom. The molecule has 12 unspecified atom stereocenters. The second-order valence-corrected chi connectivity index (χ2v) is 19.0. The van der Waals surface area contributed by atoms with Crippen LogP contribution in [0.5, 0.6) is 0 Å². The summed E-state index contributed by atoms with van der Waals surface area (Å²) >= 11 is 0. The predicted octanol–water partition coefficient (Wildman–Crippen LogP) is 7.33. The molecule has 2 aliphatic heterocycles. The Labute approximate surface area is 398 Å². The molecule has 66 heavy (non-hydrogen) atoms. The van der Waals surface area contributed by atoms with E-state index in [-0.39, 0.29) is 12.5 Å². The van der Waals surface area contributed by atoms with Crippen molar-refractivity contribution in [2.75, 3.05) is 19.8 Å². The first-order chi connectivity index (χ1) is 32.1. The van der Waals surface area contributed by atoms with Crippen LogP contribution in [0, 0.1) is 0 Å². The van der Waals surface area contributed by atoms with Crippen molar-refractivity contribution in [3.63, 3.8) is 0 Å². The van der Waals surface area contributed by atoms with Gasteiger partial charge in [-0.05, 0) is 44.9 Å². The standard InChI is InChI=1S/C52H97NO13/c1-3-5-7-9-11-13-15-17-19-20-21-22-24-26-28-30-32-34-36-44(57)53-40(41(56)35-33-31-29-27-25-23-18-16-14-12-10-8-6-4-2)39-63-51-49(62)47(60)50(43(38-55)65-51)66-52-48(61)46(59)45(58)42(37-54)64-52/h13,15,19-20,40-43,45-52,54-56,58-62H,3-12,14,16-18,21-39H2,1-2H3,(H,53,57)/b15-13-,20-19-. The van der Waals surface area contributed by atoms with Gasteiger partial charge in [0.25, 0.3) is 0 Å². The maximum absolute atomic E-state index is 13.2. The molecule has 0 aromatic heterocycles. The van der Waals surface area contributed by atoms with Crippen molar-refractivity contribution in [3.05, 3.63) is 24.3 Å². The van der Waals surface area contributed by atoms with Gasteiger partial charge < -0.3 is 65.1 Å². The lowest BCUT2D eigenvalue weighted by Gasteiger charge is -2.46. The van der Waals surface area contributed by atoms with E-state index >= 15 is 0 Å². The van der Waals surface area contributed by atoms with E-state index in [0.717, 1.165) is 57.8 Å². The van der Waals surface area contributed by atoms with Gasteiger partial charge in [-0.15, -0.1) is 0 Å². The van der Waals surface area contributed by atoms with E-state index in [0.29, 0.717) is 19.3 Å². The first-order valence-electron chi connectivity index (χ1n) is 26.6. The zero-order valence-electron chi connectivity index (χ0n) is 41.2. The Morgan fingerprint density at radius 3 is 1.53 bits per heavy atom. The van der Waals surface area contributed by atoms with Gasteiger partial charge in [-0.1, -0.05) is 179 Å². The Morgan fingerprint density at radius 1 is 0.545 bits per heavy atom. The zero-order chi connectivity index (χ0) is 48.2. The van der Waals surface area contributed by atoms with E-state index < -0.39 is 86.8 Å². The highest BCUT2D eigenvalue weighted by Gasteiger charge is 2.51. The summed E-state index contributed by atoms with van der Waals surface area (Å²) in [7, 11) is 0. The van der Waals surface area contributed by atoms with Crippen molar-refractivity contribution in [3.8, 4) is 0 Å². The number of unbranched alkanes of at least 4 members (excludes halogenated alkanes) is 24. The third-order valence-electron chi connectivity index (χ3n) is 13.2. The first kappa shape index (κ1) is 60.6. The van der Waals surface area contributed by atoms with Crippen molar-refractivity contribution in [2.45, 2.75) is 280 Å². The molecule has 2 heterocycles. The maximum Gasteiger partial charge on any atom is 0.220 e. The van der Waals surface area contributed by atoms with Crippen LogP contribution in [-0.4, -0.2) is 140 Å². The third kappa shape index (κ3) is 25.9. The number of rotatable bonds is 41. The summed E-state index contributed by atoms with van der Waals surface area (Å²) in [6.45, 7) is 2.83. The van der Waals surface area contributed by atoms with Gasteiger partial charge in [-0.2, -0.15) is 0 Å². The predicted molar refractivity (Wildman–Crippen MR) is 258 cm³/mol. The fourth-order valence-electron chi connectivity index (χ4n) is 8.80. The SMILES string of the molecule is CCCCCC/C=C\C/C=C\CCCCCCCCCC(=O)NC(COC1OC(CO)C(OC2OC(CO)C(O)C(O)C2O)C(O)C1O)C(O)CCCCCCCCCCCCCCCC. The highest BCUT2D eigenvalue weighted by molar-refractivity contribution is 5.76. The molecule has 0 spiro atoms. The fraction of sp³-hybridized carbons (Fsp3) is 0.904. The lowest BCUT2D eigenvalue weighted by molar-refractivity contribution is -0.359. The minimum absolute atomic E-state index is 0.215. The molecular formula is C52H97NO13. The molecule has 12 atom stereocenters. The summed E-state index contributed by atoms with van der Waals surface area (Å²) in [4.78, 5) is 13.2. The molecule has 2 saturated heterocycles. The number of amides is 1. The smallest absolute Gasteiger partial charge is 0.220 e. The maximum atomic E-state index is 13.2. The van der Waals surface area contributed by atoms with E-state index in [1.54, 1.807) is 0 Å². The van der Waals surface area contributed by atoms with Gasteiger partial charge in [-0.3, -0.25) is 4.79 Å². The highest BCUT2D eigenvalue weighted by Crippen LogP contribution is 2.30. The van der Waals surface area contributed by atoms with Crippen LogP contribution in [0.2, 0.25) is 0 Å². The van der Waals surface area contributed by atoms with E-state index in [1.807, 2.05) is 0 Å². The van der Waals surface area contributed by atoms with Crippen molar-refractivity contribution >= 4 is 5.91 Å². The number of hydrogen-bond donors (Lipinski definition) is 9. The summed E-state index contributed by atoms with van der Waals surface area (Å²) in [6, 6.07) is -0.830. The molecule has 2 rings (SSSR count). The molecular weight excluding hydrogens is 847 g/mol. The lowest BCUT2D eigenvalue weighted by atomic mass is 9.97. The Hall–Kier alpha value is -1.53. The molecule has 0 aromatic rings. The van der Waals surface area contributed by atoms with Crippen LogP contribution in [0.25, 0.3) is 0 Å². The molecule has 14 nitrogen and oxygen atoms in total. The van der Waals surface area contributed by atoms with Crippen LogP contribution in [0.15, 0.2) is 24.3 Å². The van der Waals surface area contributed by atoms with E-state index in [1.165, 1.54) is 116 Å². The van der Waals surface area contributed by atoms with Crippen molar-refractivity contribution in [1.82, 2.24) is 5.32 Å². The number of nitrogens with one attached hydrogen (secondary N) is 1. The van der Waals surface area contributed by atoms with Crippen molar-refractivity contribution in [2.24, 2.45) is 0 Å². The first-order valence-corrected chi connectivity index (χ1v) is 26.6. The normalized spacial score (nSPS) is 26.9. The van der Waals surface area contributed by atoms with Crippen molar-refractivity contribution in [1.29, 1.82) is 0 Å². The quantitative estimate of drug-likeness (QED) is 0.0216. The van der Waals surface area contributed by atoms with Crippen LogP contribution in [-0.2, 0) is 23.7 Å². The number of aliphatic hydroxyl groups is 8. The molecule has 1 amide bonds. The molecule has 9 N–H and O–H groups in total. The average Bonchev–Trinajstić information content (AvgIpc) is 3.31. The highest BCUT2D eigenvalue weighted by atomic mass is 16.7. The minimum Gasteiger partial charge on any atom is -0.394 e. The zero-order valence-corrected chi connectivity index (χ0v) is 41.2. The van der Waals surface area contributed by atoms with Crippen LogP contribution >= 0.6 is 0 Å². The van der Waals surface area contributed by atoms with E-state index in [9.17, 15) is 45.6 Å². The minimum atomic E-state index is -1.78. The van der Waals surface area contributed by atoms with E-state index in [2.05, 4.69) is 43.5 Å². The second kappa shape index (κ2) is 39.2. The molecule has 0 saturated carbocycles. The molecule has 2 fully saturated rings. The number of hydrogen-bond acceptors (Lipinski definition) is 13. The lowest BCUT2D eigenvalue weighted by Crippen LogP contribution is -2.65. The molecule has 0 bridgehead atoms.